The Balaban J connectivity index is -0.000000297. The number of carboxylic acid groups (broad SMARTS) is 1. The first-order valence-corrected chi connectivity index (χ1v) is 5.18. The van der Waals surface area contributed by atoms with E-state index in [0.717, 1.165) is 0 Å². The summed E-state index contributed by atoms with van der Waals surface area (Å²) in [5.74, 6) is -1.32. The van der Waals surface area contributed by atoms with Crippen molar-refractivity contribution in [1.29, 1.82) is 5.41 Å². The fourth-order valence-electron chi connectivity index (χ4n) is 0.643. The van der Waals surface area contributed by atoms with Crippen LogP contribution in [0.1, 0.15) is 12.8 Å². The standard InChI is InChI=1S/C6H14N4O2.CH5N3.CH4N2O/c7-4(5(11)12)2-1-3-10-6(8)9;2*2-1(3)4/h4H,1-3,7H2,(H,11,12)(H4,8,9,10);(H5,2,3,4);(H4,2,3,4). The average molecular weight is 293 g/mol. The molecule has 2 amide bonds. The molecule has 0 fully saturated rings. The average Bonchev–Trinajstić information content (AvgIpc) is 2.21. The third kappa shape index (κ3) is 45.5. The molecule has 0 rings (SSSR count). The van der Waals surface area contributed by atoms with Gasteiger partial charge in [-0.2, -0.15) is 0 Å². The maximum absolute atomic E-state index is 10.2. The van der Waals surface area contributed by atoms with Crippen molar-refractivity contribution in [3.05, 3.63) is 0 Å². The fraction of sp³-hybridized carbons (Fsp3) is 0.500. The Morgan fingerprint density at radius 3 is 1.70 bits per heavy atom. The van der Waals surface area contributed by atoms with Crippen molar-refractivity contribution in [3.63, 3.8) is 0 Å². The van der Waals surface area contributed by atoms with E-state index in [2.05, 4.69) is 27.9 Å². The smallest absolute Gasteiger partial charge is 0.320 e. The number of primary amides is 2. The van der Waals surface area contributed by atoms with Gasteiger partial charge in [-0.3, -0.25) is 15.2 Å². The second-order valence-electron chi connectivity index (χ2n) is 3.25. The van der Waals surface area contributed by atoms with Crippen LogP contribution in [-0.2, 0) is 4.79 Å². The van der Waals surface area contributed by atoms with Crippen LogP contribution in [0.2, 0.25) is 0 Å². The highest BCUT2D eigenvalue weighted by molar-refractivity contribution is 5.75. The van der Waals surface area contributed by atoms with Crippen LogP contribution in [0.3, 0.4) is 0 Å². The predicted octanol–water partition coefficient (Wildman–Crippen LogP) is -3.69. The van der Waals surface area contributed by atoms with Gasteiger partial charge < -0.3 is 45.2 Å². The van der Waals surface area contributed by atoms with Crippen LogP contribution in [0.15, 0.2) is 4.99 Å². The maximum Gasteiger partial charge on any atom is 0.320 e. The Labute approximate surface area is 115 Å². The minimum absolute atomic E-state index is 0.0129. The number of aliphatic carboxylic acids is 1. The zero-order chi connectivity index (χ0) is 16.7. The van der Waals surface area contributed by atoms with Crippen molar-refractivity contribution in [2.45, 2.75) is 18.9 Å². The summed E-state index contributed by atoms with van der Waals surface area (Å²) in [5, 5.41) is 14.4. The molecule has 0 aliphatic heterocycles. The van der Waals surface area contributed by atoms with E-state index in [1.807, 2.05) is 0 Å². The van der Waals surface area contributed by atoms with Gasteiger partial charge in [-0.05, 0) is 12.8 Å². The van der Waals surface area contributed by atoms with Gasteiger partial charge in [0.25, 0.3) is 0 Å². The van der Waals surface area contributed by atoms with Crippen LogP contribution in [-0.4, -0.2) is 41.6 Å². The fourth-order valence-corrected chi connectivity index (χ4v) is 0.643. The van der Waals surface area contributed by atoms with E-state index < -0.39 is 18.0 Å². The van der Waals surface area contributed by atoms with Crippen LogP contribution < -0.4 is 40.1 Å². The number of hydrogen-bond acceptors (Lipinski definition) is 5. The lowest BCUT2D eigenvalue weighted by Crippen LogP contribution is -2.30. The van der Waals surface area contributed by atoms with Gasteiger partial charge >= 0.3 is 12.0 Å². The van der Waals surface area contributed by atoms with Gasteiger partial charge in [0.15, 0.2) is 11.9 Å². The third-order valence-corrected chi connectivity index (χ3v) is 1.28. The van der Waals surface area contributed by atoms with E-state index in [-0.39, 0.29) is 11.9 Å². The molecule has 0 saturated heterocycles. The van der Waals surface area contributed by atoms with Crippen LogP contribution in [0.25, 0.3) is 0 Å². The van der Waals surface area contributed by atoms with Gasteiger partial charge in [0.2, 0.25) is 0 Å². The number of aliphatic imine (C=N–C) groups is 1. The van der Waals surface area contributed by atoms with Gasteiger partial charge in [-0.15, -0.1) is 0 Å². The number of rotatable bonds is 5. The molecule has 0 heterocycles. The second kappa shape index (κ2) is 14.3. The monoisotopic (exact) mass is 293 g/mol. The van der Waals surface area contributed by atoms with Crippen LogP contribution >= 0.6 is 0 Å². The summed E-state index contributed by atoms with van der Waals surface area (Å²) in [6.45, 7) is 0.420. The Bertz CT molecular complexity index is 307. The zero-order valence-corrected chi connectivity index (χ0v) is 11.0. The largest absolute Gasteiger partial charge is 0.480 e. The van der Waals surface area contributed by atoms with Gasteiger partial charge in [0.05, 0.1) is 0 Å². The number of nitrogens with two attached hydrogens (primary N) is 7. The number of carbonyl (C=O) groups is 2. The molecule has 0 aromatic heterocycles. The number of urea groups is 1. The highest BCUT2D eigenvalue weighted by Crippen LogP contribution is 1.94. The van der Waals surface area contributed by atoms with E-state index in [9.17, 15) is 4.79 Å². The summed E-state index contributed by atoms with van der Waals surface area (Å²) in [5.41, 5.74) is 32.8. The van der Waals surface area contributed by atoms with E-state index in [1.54, 1.807) is 0 Å². The number of carboxylic acids is 1. The van der Waals surface area contributed by atoms with E-state index >= 15 is 0 Å². The Hall–Kier alpha value is -2.76. The van der Waals surface area contributed by atoms with Crippen molar-refractivity contribution in [1.82, 2.24) is 0 Å². The first kappa shape index (κ1) is 22.4. The molecule has 118 valence electrons. The normalized spacial score (nSPS) is 9.65. The van der Waals surface area contributed by atoms with Crippen molar-refractivity contribution >= 4 is 23.9 Å². The van der Waals surface area contributed by atoms with Crippen molar-refractivity contribution in [2.75, 3.05) is 6.54 Å². The number of hydrogen-bond donors (Lipinski definition) is 9. The lowest BCUT2D eigenvalue weighted by molar-refractivity contribution is -0.138. The Kier molecular flexibility index (Phi) is 16.0. The molecule has 12 heteroatoms. The molecule has 1 unspecified atom stereocenters. The summed E-state index contributed by atoms with van der Waals surface area (Å²) in [6.07, 6.45) is 0.956. The lowest BCUT2D eigenvalue weighted by Gasteiger charge is -2.03. The zero-order valence-electron chi connectivity index (χ0n) is 11.0. The first-order chi connectivity index (χ1) is 9.00. The van der Waals surface area contributed by atoms with E-state index in [4.69, 9.17) is 32.5 Å². The van der Waals surface area contributed by atoms with Gasteiger partial charge in [0.1, 0.15) is 6.04 Å². The molecule has 0 radical (unpaired) electrons. The Morgan fingerprint density at radius 2 is 1.45 bits per heavy atom. The second-order valence-corrected chi connectivity index (χ2v) is 3.25. The molecular formula is C8H23N9O3. The maximum atomic E-state index is 10.2. The molecule has 0 spiro atoms. The molecule has 0 aliphatic rings. The van der Waals surface area contributed by atoms with Crippen LogP contribution in [0.5, 0.6) is 0 Å². The van der Waals surface area contributed by atoms with E-state index in [1.165, 1.54) is 0 Å². The minimum Gasteiger partial charge on any atom is -0.480 e. The predicted molar refractivity (Wildman–Crippen MR) is 75.4 cm³/mol. The topological polar surface area (TPSA) is 273 Å². The van der Waals surface area contributed by atoms with Crippen LogP contribution in [0, 0.1) is 5.41 Å². The summed E-state index contributed by atoms with van der Waals surface area (Å²) >= 11 is 0. The molecule has 0 bridgehead atoms. The summed E-state index contributed by atoms with van der Waals surface area (Å²) in [7, 11) is 0. The number of carbonyl (C=O) groups excluding carboxylic acids is 1. The molecular weight excluding hydrogens is 270 g/mol. The summed E-state index contributed by atoms with van der Waals surface area (Å²) in [4.78, 5) is 22.9. The molecule has 1 atom stereocenters. The number of amides is 2. The van der Waals surface area contributed by atoms with Crippen molar-refractivity contribution < 1.29 is 14.7 Å². The van der Waals surface area contributed by atoms with Crippen molar-refractivity contribution in [3.8, 4) is 0 Å². The highest BCUT2D eigenvalue weighted by atomic mass is 16.4. The number of nitrogens with zero attached hydrogens (tertiary/aromatic N) is 1. The highest BCUT2D eigenvalue weighted by Gasteiger charge is 2.09. The summed E-state index contributed by atoms with van der Waals surface area (Å²) < 4.78 is 0. The summed E-state index contributed by atoms with van der Waals surface area (Å²) in [6, 6.07) is -1.65. The molecule has 0 aliphatic carbocycles. The molecule has 12 nitrogen and oxygen atoms in total. The number of guanidine groups is 2. The third-order valence-electron chi connectivity index (χ3n) is 1.28. The first-order valence-electron chi connectivity index (χ1n) is 5.18. The SMILES string of the molecule is N=C(N)N.NC(N)=NCCCC(N)C(=O)O.NC(N)=O. The van der Waals surface area contributed by atoms with Crippen LogP contribution in [0.4, 0.5) is 4.79 Å². The molecule has 20 heavy (non-hydrogen) atoms. The number of nitrogens with one attached hydrogen (secondary N) is 1. The molecule has 0 saturated carbocycles. The molecule has 0 aromatic carbocycles. The van der Waals surface area contributed by atoms with E-state index in [0.29, 0.717) is 19.4 Å². The Morgan fingerprint density at radius 1 is 1.10 bits per heavy atom. The quantitative estimate of drug-likeness (QED) is 0.138. The molecule has 16 N–H and O–H groups in total. The van der Waals surface area contributed by atoms with Gasteiger partial charge in [-0.25, -0.2) is 4.79 Å². The lowest BCUT2D eigenvalue weighted by atomic mass is 10.2. The van der Waals surface area contributed by atoms with Gasteiger partial charge in [-0.1, -0.05) is 0 Å². The van der Waals surface area contributed by atoms with Crippen molar-refractivity contribution in [2.24, 2.45) is 45.1 Å². The molecule has 0 aromatic rings. The van der Waals surface area contributed by atoms with Gasteiger partial charge in [0, 0.05) is 6.54 Å². The minimum atomic E-state index is -1.00.